The number of carboxylic acids is 1. The maximum atomic E-state index is 10.7. The van der Waals surface area contributed by atoms with Crippen molar-refractivity contribution in [3.8, 4) is 0 Å². The lowest BCUT2D eigenvalue weighted by Gasteiger charge is -2.39. The topological polar surface area (TPSA) is 40.5 Å². The highest BCUT2D eigenvalue weighted by Crippen LogP contribution is 2.31. The van der Waals surface area contributed by atoms with Crippen molar-refractivity contribution in [2.24, 2.45) is 5.92 Å². The Balaban J connectivity index is 1.74. The van der Waals surface area contributed by atoms with Crippen molar-refractivity contribution >= 4 is 17.3 Å². The van der Waals surface area contributed by atoms with E-state index >= 15 is 0 Å². The van der Waals surface area contributed by atoms with Crippen LogP contribution in [0.2, 0.25) is 0 Å². The lowest BCUT2D eigenvalue weighted by atomic mass is 9.79. The van der Waals surface area contributed by atoms with E-state index in [0.29, 0.717) is 6.04 Å². The number of aryl methyl sites for hydroxylation is 1. The molecule has 0 atom stereocenters. The molecular weight excluding hydrogens is 234 g/mol. The predicted molar refractivity (Wildman–Crippen MR) is 69.5 cm³/mol. The average Bonchev–Trinajstić information content (AvgIpc) is 2.58. The number of hydrogen-bond acceptors (Lipinski definition) is 3. The monoisotopic (exact) mass is 253 g/mol. The number of rotatable bonds is 5. The van der Waals surface area contributed by atoms with Gasteiger partial charge in [0.05, 0.1) is 5.92 Å². The highest BCUT2D eigenvalue weighted by atomic mass is 32.1. The summed E-state index contributed by atoms with van der Waals surface area (Å²) in [5.74, 6) is -0.741. The van der Waals surface area contributed by atoms with E-state index in [9.17, 15) is 4.79 Å². The summed E-state index contributed by atoms with van der Waals surface area (Å²) in [6, 6.07) is 2.63. The molecule has 1 fully saturated rings. The molecule has 1 aromatic heterocycles. The van der Waals surface area contributed by atoms with Gasteiger partial charge in [0.25, 0.3) is 0 Å². The minimum atomic E-state index is -0.635. The largest absolute Gasteiger partial charge is 0.481 e. The lowest BCUT2D eigenvalue weighted by Crippen LogP contribution is -2.45. The van der Waals surface area contributed by atoms with Crippen LogP contribution in [-0.2, 0) is 11.2 Å². The standard InChI is InChI=1S/C13H19NO2S/c1-9-4-6-17-12(9)3-5-14(2)11-7-10(8-11)13(15)16/h4,6,10-11H,3,5,7-8H2,1-2H3,(H,15,16). The van der Waals surface area contributed by atoms with Gasteiger partial charge in [-0.15, -0.1) is 11.3 Å². The Hall–Kier alpha value is -0.870. The molecule has 1 aliphatic carbocycles. The van der Waals surface area contributed by atoms with Crippen molar-refractivity contribution < 1.29 is 9.90 Å². The quantitative estimate of drug-likeness (QED) is 0.876. The average molecular weight is 253 g/mol. The molecule has 94 valence electrons. The van der Waals surface area contributed by atoms with Crippen molar-refractivity contribution in [3.05, 3.63) is 21.9 Å². The second kappa shape index (κ2) is 5.19. The first-order valence-electron chi connectivity index (χ1n) is 6.04. The van der Waals surface area contributed by atoms with Gasteiger partial charge < -0.3 is 10.0 Å². The number of hydrogen-bond donors (Lipinski definition) is 1. The fourth-order valence-corrected chi connectivity index (χ4v) is 3.17. The van der Waals surface area contributed by atoms with Crippen LogP contribution in [0.15, 0.2) is 11.4 Å². The van der Waals surface area contributed by atoms with Gasteiger partial charge in [-0.25, -0.2) is 0 Å². The molecule has 0 spiro atoms. The first-order chi connectivity index (χ1) is 8.08. The zero-order chi connectivity index (χ0) is 12.4. The van der Waals surface area contributed by atoms with Crippen LogP contribution in [0.25, 0.3) is 0 Å². The molecule has 0 saturated heterocycles. The summed E-state index contributed by atoms with van der Waals surface area (Å²) in [4.78, 5) is 14.5. The second-order valence-electron chi connectivity index (χ2n) is 4.92. The molecule has 0 radical (unpaired) electrons. The summed E-state index contributed by atoms with van der Waals surface area (Å²) in [5, 5.41) is 11.0. The first-order valence-corrected chi connectivity index (χ1v) is 6.92. The van der Waals surface area contributed by atoms with Crippen LogP contribution in [0.1, 0.15) is 23.3 Å². The summed E-state index contributed by atoms with van der Waals surface area (Å²) in [6.07, 6.45) is 2.71. The second-order valence-corrected chi connectivity index (χ2v) is 5.92. The molecule has 1 heterocycles. The zero-order valence-corrected chi connectivity index (χ0v) is 11.2. The number of thiophene rings is 1. The Morgan fingerprint density at radius 3 is 2.82 bits per heavy atom. The molecular formula is C13H19NO2S. The van der Waals surface area contributed by atoms with Gasteiger partial charge in [0.1, 0.15) is 0 Å². The molecule has 1 aliphatic rings. The van der Waals surface area contributed by atoms with E-state index in [1.807, 2.05) is 11.3 Å². The molecule has 1 aromatic rings. The van der Waals surface area contributed by atoms with Crippen LogP contribution in [0.5, 0.6) is 0 Å². The fraction of sp³-hybridized carbons (Fsp3) is 0.615. The summed E-state index contributed by atoms with van der Waals surface area (Å²) in [7, 11) is 2.10. The van der Waals surface area contributed by atoms with Crippen molar-refractivity contribution in [1.82, 2.24) is 4.90 Å². The smallest absolute Gasteiger partial charge is 0.306 e. The fourth-order valence-electron chi connectivity index (χ4n) is 2.27. The van der Waals surface area contributed by atoms with E-state index < -0.39 is 5.97 Å². The normalized spacial score (nSPS) is 23.7. The highest BCUT2D eigenvalue weighted by Gasteiger charge is 2.36. The Morgan fingerprint density at radius 1 is 1.59 bits per heavy atom. The summed E-state index contributed by atoms with van der Waals surface area (Å²) >= 11 is 1.81. The van der Waals surface area contributed by atoms with E-state index in [4.69, 9.17) is 5.11 Å². The van der Waals surface area contributed by atoms with E-state index in [1.54, 1.807) is 0 Å². The van der Waals surface area contributed by atoms with Crippen molar-refractivity contribution in [1.29, 1.82) is 0 Å². The van der Waals surface area contributed by atoms with Crippen LogP contribution in [-0.4, -0.2) is 35.6 Å². The Kier molecular flexibility index (Phi) is 3.84. The number of carbonyl (C=O) groups is 1. The maximum Gasteiger partial charge on any atom is 0.306 e. The summed E-state index contributed by atoms with van der Waals surface area (Å²) < 4.78 is 0. The Morgan fingerprint density at radius 2 is 2.29 bits per heavy atom. The van der Waals surface area contributed by atoms with Crippen LogP contribution in [0.4, 0.5) is 0 Å². The van der Waals surface area contributed by atoms with Crippen molar-refractivity contribution in [3.63, 3.8) is 0 Å². The highest BCUT2D eigenvalue weighted by molar-refractivity contribution is 7.10. The minimum Gasteiger partial charge on any atom is -0.481 e. The molecule has 1 N–H and O–H groups in total. The number of likely N-dealkylation sites (N-methyl/N-ethyl adjacent to an activating group) is 1. The molecule has 0 aliphatic heterocycles. The summed E-state index contributed by atoms with van der Waals surface area (Å²) in [6.45, 7) is 3.17. The molecule has 4 heteroatoms. The van der Waals surface area contributed by atoms with E-state index in [1.165, 1.54) is 10.4 Å². The van der Waals surface area contributed by atoms with Crippen LogP contribution in [0, 0.1) is 12.8 Å². The van der Waals surface area contributed by atoms with E-state index in [-0.39, 0.29) is 5.92 Å². The molecule has 0 aromatic carbocycles. The van der Waals surface area contributed by atoms with Crippen molar-refractivity contribution in [2.45, 2.75) is 32.2 Å². The van der Waals surface area contributed by atoms with Gasteiger partial charge in [-0.2, -0.15) is 0 Å². The third kappa shape index (κ3) is 2.87. The molecule has 3 nitrogen and oxygen atoms in total. The SMILES string of the molecule is Cc1ccsc1CCN(C)C1CC(C(=O)O)C1. The van der Waals surface area contributed by atoms with Gasteiger partial charge in [0.15, 0.2) is 0 Å². The Labute approximate surface area is 106 Å². The minimum absolute atomic E-state index is 0.106. The van der Waals surface area contributed by atoms with E-state index in [2.05, 4.69) is 30.3 Å². The van der Waals surface area contributed by atoms with Gasteiger partial charge in [0, 0.05) is 17.5 Å². The van der Waals surface area contributed by atoms with Gasteiger partial charge >= 0.3 is 5.97 Å². The van der Waals surface area contributed by atoms with Crippen LogP contribution < -0.4 is 0 Å². The maximum absolute atomic E-state index is 10.7. The van der Waals surface area contributed by atoms with Crippen LogP contribution >= 0.6 is 11.3 Å². The van der Waals surface area contributed by atoms with E-state index in [0.717, 1.165) is 25.8 Å². The lowest BCUT2D eigenvalue weighted by molar-refractivity contribution is -0.146. The Bertz CT molecular complexity index is 396. The molecule has 0 amide bonds. The molecule has 17 heavy (non-hydrogen) atoms. The summed E-state index contributed by atoms with van der Waals surface area (Å²) in [5.41, 5.74) is 1.38. The van der Waals surface area contributed by atoms with Gasteiger partial charge in [-0.3, -0.25) is 4.79 Å². The first kappa shape index (κ1) is 12.6. The number of aliphatic carboxylic acids is 1. The predicted octanol–water partition coefficient (Wildman–Crippen LogP) is 2.39. The third-order valence-electron chi connectivity index (χ3n) is 3.75. The molecule has 0 unspecified atom stereocenters. The zero-order valence-electron chi connectivity index (χ0n) is 10.3. The third-order valence-corrected chi connectivity index (χ3v) is 4.83. The number of carboxylic acid groups (broad SMARTS) is 1. The molecule has 2 rings (SSSR count). The molecule has 0 bridgehead atoms. The van der Waals surface area contributed by atoms with Gasteiger partial charge in [-0.05, 0) is 50.2 Å². The number of nitrogens with zero attached hydrogens (tertiary/aromatic N) is 1. The molecule has 1 saturated carbocycles. The van der Waals surface area contributed by atoms with Gasteiger partial charge in [0.2, 0.25) is 0 Å². The van der Waals surface area contributed by atoms with Crippen LogP contribution in [0.3, 0.4) is 0 Å². The van der Waals surface area contributed by atoms with Crippen molar-refractivity contribution in [2.75, 3.05) is 13.6 Å². The van der Waals surface area contributed by atoms with Gasteiger partial charge in [-0.1, -0.05) is 0 Å².